The van der Waals surface area contributed by atoms with Crippen molar-refractivity contribution in [1.82, 2.24) is 15.1 Å². The van der Waals surface area contributed by atoms with Crippen LogP contribution >= 0.6 is 11.8 Å². The second kappa shape index (κ2) is 9.48. The summed E-state index contributed by atoms with van der Waals surface area (Å²) in [5.41, 5.74) is 0. The number of guanidine groups is 1. The molecule has 2 unspecified atom stereocenters. The Bertz CT molecular complexity index is 548. The number of rotatable bonds is 6. The van der Waals surface area contributed by atoms with Crippen molar-refractivity contribution < 1.29 is 0 Å². The third-order valence-corrected chi connectivity index (χ3v) is 6.64. The highest BCUT2D eigenvalue weighted by Gasteiger charge is 2.26. The van der Waals surface area contributed by atoms with Crippen LogP contribution in [0.2, 0.25) is 0 Å². The minimum Gasteiger partial charge on any atom is -0.356 e. The molecule has 0 amide bonds. The molecule has 2 heterocycles. The fourth-order valence-electron chi connectivity index (χ4n) is 3.83. The predicted molar refractivity (Wildman–Crippen MR) is 108 cm³/mol. The first-order valence-electron chi connectivity index (χ1n) is 9.64. The number of hydrogen-bond acceptors (Lipinski definition) is 3. The van der Waals surface area contributed by atoms with E-state index >= 15 is 0 Å². The lowest BCUT2D eigenvalue weighted by Gasteiger charge is -2.23. The Morgan fingerprint density at radius 3 is 2.68 bits per heavy atom. The lowest BCUT2D eigenvalue weighted by Crippen LogP contribution is -2.42. The molecule has 0 aliphatic carbocycles. The highest BCUT2D eigenvalue weighted by molar-refractivity contribution is 7.99. The average Bonchev–Trinajstić information content (AvgIpc) is 3.31. The Morgan fingerprint density at radius 1 is 1.16 bits per heavy atom. The standard InChI is InChI=1S/C20H32N4S/c1-3-23-11-9-17(14-23)13-22-20(21-2)24-12-10-18(15-24)16-25-19-7-5-4-6-8-19/h4-8,17-18H,3,9-16H2,1-2H3,(H,21,22). The average molecular weight is 361 g/mol. The molecule has 0 aromatic heterocycles. The molecular weight excluding hydrogens is 328 g/mol. The molecule has 0 saturated carbocycles. The molecule has 0 radical (unpaired) electrons. The van der Waals surface area contributed by atoms with Gasteiger partial charge in [0.1, 0.15) is 0 Å². The van der Waals surface area contributed by atoms with E-state index in [-0.39, 0.29) is 0 Å². The lowest BCUT2D eigenvalue weighted by atomic mass is 10.1. The zero-order valence-corrected chi connectivity index (χ0v) is 16.5. The number of likely N-dealkylation sites (tertiary alicyclic amines) is 2. The maximum atomic E-state index is 4.53. The smallest absolute Gasteiger partial charge is 0.193 e. The van der Waals surface area contributed by atoms with E-state index in [1.807, 2.05) is 18.8 Å². The largest absolute Gasteiger partial charge is 0.356 e. The van der Waals surface area contributed by atoms with E-state index in [2.05, 4.69) is 57.4 Å². The van der Waals surface area contributed by atoms with Crippen LogP contribution in [0.25, 0.3) is 0 Å². The molecule has 0 spiro atoms. The molecule has 1 N–H and O–H groups in total. The van der Waals surface area contributed by atoms with Crippen LogP contribution in [0.1, 0.15) is 19.8 Å². The van der Waals surface area contributed by atoms with Crippen molar-refractivity contribution in [1.29, 1.82) is 0 Å². The molecule has 25 heavy (non-hydrogen) atoms. The van der Waals surface area contributed by atoms with Gasteiger partial charge in [-0.05, 0) is 49.9 Å². The van der Waals surface area contributed by atoms with Crippen LogP contribution in [0.4, 0.5) is 0 Å². The van der Waals surface area contributed by atoms with Crippen molar-refractivity contribution in [3.8, 4) is 0 Å². The Labute approximate surface area is 157 Å². The minimum absolute atomic E-state index is 0.755. The highest BCUT2D eigenvalue weighted by atomic mass is 32.2. The van der Waals surface area contributed by atoms with E-state index in [1.54, 1.807) is 0 Å². The summed E-state index contributed by atoms with van der Waals surface area (Å²) < 4.78 is 0. The SMILES string of the molecule is CCN1CCC(CNC(=NC)N2CCC(CSc3ccccc3)C2)C1. The normalized spacial score (nSPS) is 24.9. The van der Waals surface area contributed by atoms with E-state index < -0.39 is 0 Å². The van der Waals surface area contributed by atoms with Gasteiger partial charge in [0.25, 0.3) is 0 Å². The van der Waals surface area contributed by atoms with Crippen molar-refractivity contribution in [3.05, 3.63) is 30.3 Å². The zero-order valence-electron chi connectivity index (χ0n) is 15.7. The molecular formula is C20H32N4S. The van der Waals surface area contributed by atoms with Crippen molar-refractivity contribution in [2.75, 3.05) is 52.1 Å². The topological polar surface area (TPSA) is 30.9 Å². The van der Waals surface area contributed by atoms with Crippen LogP contribution in [0.5, 0.6) is 0 Å². The fraction of sp³-hybridized carbons (Fsp3) is 0.650. The maximum Gasteiger partial charge on any atom is 0.193 e. The van der Waals surface area contributed by atoms with Crippen LogP contribution in [0.3, 0.4) is 0 Å². The molecule has 1 aromatic rings. The Balaban J connectivity index is 1.40. The molecule has 5 heteroatoms. The van der Waals surface area contributed by atoms with E-state index in [1.165, 1.54) is 43.1 Å². The van der Waals surface area contributed by atoms with Crippen LogP contribution in [-0.2, 0) is 0 Å². The van der Waals surface area contributed by atoms with Crippen molar-refractivity contribution in [3.63, 3.8) is 0 Å². The summed E-state index contributed by atoms with van der Waals surface area (Å²) in [5.74, 6) is 3.82. The fourth-order valence-corrected chi connectivity index (χ4v) is 4.88. The van der Waals surface area contributed by atoms with Crippen molar-refractivity contribution in [2.24, 2.45) is 16.8 Å². The first-order chi connectivity index (χ1) is 12.3. The number of aliphatic imine (C=N–C) groups is 1. The van der Waals surface area contributed by atoms with Gasteiger partial charge >= 0.3 is 0 Å². The lowest BCUT2D eigenvalue weighted by molar-refractivity contribution is 0.340. The van der Waals surface area contributed by atoms with Gasteiger partial charge in [0.15, 0.2) is 5.96 Å². The van der Waals surface area contributed by atoms with Crippen LogP contribution in [0.15, 0.2) is 40.2 Å². The van der Waals surface area contributed by atoms with Gasteiger partial charge in [0.05, 0.1) is 0 Å². The van der Waals surface area contributed by atoms with Gasteiger partial charge < -0.3 is 15.1 Å². The quantitative estimate of drug-likeness (QED) is 0.480. The van der Waals surface area contributed by atoms with Gasteiger partial charge in [-0.25, -0.2) is 0 Å². The summed E-state index contributed by atoms with van der Waals surface area (Å²) in [5, 5.41) is 3.63. The monoisotopic (exact) mass is 360 g/mol. The number of nitrogens with one attached hydrogen (secondary N) is 1. The molecule has 2 atom stereocenters. The van der Waals surface area contributed by atoms with Gasteiger partial charge in [-0.3, -0.25) is 4.99 Å². The van der Waals surface area contributed by atoms with Gasteiger partial charge in [-0.1, -0.05) is 25.1 Å². The minimum atomic E-state index is 0.755. The van der Waals surface area contributed by atoms with Gasteiger partial charge in [-0.2, -0.15) is 0 Å². The number of nitrogens with zero attached hydrogens (tertiary/aromatic N) is 3. The van der Waals surface area contributed by atoms with Crippen LogP contribution < -0.4 is 5.32 Å². The Hall–Kier alpha value is -1.20. The van der Waals surface area contributed by atoms with Gasteiger partial charge in [0, 0.05) is 43.9 Å². The third-order valence-electron chi connectivity index (χ3n) is 5.39. The first kappa shape index (κ1) is 18.6. The van der Waals surface area contributed by atoms with Gasteiger partial charge in [-0.15, -0.1) is 11.8 Å². The Morgan fingerprint density at radius 2 is 1.96 bits per heavy atom. The molecule has 2 aliphatic rings. The summed E-state index contributed by atoms with van der Waals surface area (Å²) in [6.07, 6.45) is 2.59. The van der Waals surface area contributed by atoms with Crippen LogP contribution in [0, 0.1) is 11.8 Å². The maximum absolute atomic E-state index is 4.53. The summed E-state index contributed by atoms with van der Waals surface area (Å²) >= 11 is 1.98. The Kier molecular flexibility index (Phi) is 7.05. The van der Waals surface area contributed by atoms with Crippen molar-refractivity contribution >= 4 is 17.7 Å². The summed E-state index contributed by atoms with van der Waals surface area (Å²) in [6.45, 7) is 9.24. The zero-order chi connectivity index (χ0) is 17.5. The van der Waals surface area contributed by atoms with Gasteiger partial charge in [0.2, 0.25) is 0 Å². The number of benzene rings is 1. The van der Waals surface area contributed by atoms with Crippen molar-refractivity contribution in [2.45, 2.75) is 24.7 Å². The van der Waals surface area contributed by atoms with E-state index in [4.69, 9.17) is 0 Å². The van der Waals surface area contributed by atoms with E-state index in [0.29, 0.717) is 0 Å². The van der Waals surface area contributed by atoms with Crippen LogP contribution in [-0.4, -0.2) is 67.8 Å². The molecule has 4 nitrogen and oxygen atoms in total. The molecule has 2 aliphatic heterocycles. The summed E-state index contributed by atoms with van der Waals surface area (Å²) in [7, 11) is 1.92. The summed E-state index contributed by atoms with van der Waals surface area (Å²) in [4.78, 5) is 10.9. The van der Waals surface area contributed by atoms with E-state index in [9.17, 15) is 0 Å². The second-order valence-corrected chi connectivity index (χ2v) is 8.29. The molecule has 3 rings (SSSR count). The number of thioether (sulfide) groups is 1. The van der Waals surface area contributed by atoms with E-state index in [0.717, 1.165) is 37.4 Å². The highest BCUT2D eigenvalue weighted by Crippen LogP contribution is 2.26. The third kappa shape index (κ3) is 5.38. The summed E-state index contributed by atoms with van der Waals surface area (Å²) in [6, 6.07) is 10.7. The first-order valence-corrected chi connectivity index (χ1v) is 10.6. The molecule has 0 bridgehead atoms. The molecule has 2 saturated heterocycles. The number of hydrogen-bond donors (Lipinski definition) is 1. The predicted octanol–water partition coefficient (Wildman–Crippen LogP) is 3.02. The molecule has 138 valence electrons. The molecule has 2 fully saturated rings. The second-order valence-electron chi connectivity index (χ2n) is 7.20. The molecule has 1 aromatic carbocycles.